The Kier molecular flexibility index (Phi) is 5.41. The van der Waals surface area contributed by atoms with Crippen molar-refractivity contribution in [3.8, 4) is 11.4 Å². The first-order chi connectivity index (χ1) is 9.11. The van der Waals surface area contributed by atoms with Gasteiger partial charge in [-0.3, -0.25) is 0 Å². The molecule has 0 radical (unpaired) electrons. The number of anilines is 1. The normalized spacial score (nSPS) is 10.5. The van der Waals surface area contributed by atoms with E-state index in [1.54, 1.807) is 0 Å². The highest BCUT2D eigenvalue weighted by Gasteiger charge is 2.08. The largest absolute Gasteiger partial charge is 0.369 e. The summed E-state index contributed by atoms with van der Waals surface area (Å²) in [5.41, 5.74) is 0.937. The molecule has 1 heterocycles. The average Bonchev–Trinajstić information content (AvgIpc) is 2.41. The first kappa shape index (κ1) is 15.0. The van der Waals surface area contributed by atoms with Gasteiger partial charge in [0.05, 0.1) is 8.59 Å². The van der Waals surface area contributed by atoms with Crippen LogP contribution >= 0.6 is 50.1 Å². The highest BCUT2D eigenvalue weighted by atomic mass is 127. The van der Waals surface area contributed by atoms with Gasteiger partial charge < -0.3 is 5.32 Å². The van der Waals surface area contributed by atoms with Crippen LogP contribution in [0.1, 0.15) is 13.3 Å². The number of halogens is 3. The highest BCUT2D eigenvalue weighted by Crippen LogP contribution is 2.28. The summed E-state index contributed by atoms with van der Waals surface area (Å²) in [5.74, 6) is 1.56. The van der Waals surface area contributed by atoms with Crippen molar-refractivity contribution < 1.29 is 0 Å². The maximum Gasteiger partial charge on any atom is 0.161 e. The number of benzene rings is 1. The van der Waals surface area contributed by atoms with Gasteiger partial charge in [0.15, 0.2) is 5.82 Å². The lowest BCUT2D eigenvalue weighted by atomic mass is 10.2. The molecular formula is C13H12BrClIN3. The van der Waals surface area contributed by atoms with Gasteiger partial charge in [-0.15, -0.1) is 0 Å². The summed E-state index contributed by atoms with van der Waals surface area (Å²) in [4.78, 5) is 8.92. The van der Waals surface area contributed by atoms with Crippen LogP contribution in [0.2, 0.25) is 5.02 Å². The lowest BCUT2D eigenvalue weighted by molar-refractivity contribution is 0.963. The molecule has 0 atom stereocenters. The molecule has 1 aromatic carbocycles. The molecule has 0 spiro atoms. The Bertz CT molecular complexity index is 592. The number of aromatic nitrogens is 2. The third-order valence-electron chi connectivity index (χ3n) is 2.46. The second kappa shape index (κ2) is 6.85. The Balaban J connectivity index is 2.36. The van der Waals surface area contributed by atoms with Gasteiger partial charge >= 0.3 is 0 Å². The van der Waals surface area contributed by atoms with Crippen LogP contribution in [0.15, 0.2) is 28.9 Å². The van der Waals surface area contributed by atoms with Gasteiger partial charge in [-0.25, -0.2) is 9.97 Å². The van der Waals surface area contributed by atoms with Gasteiger partial charge in [-0.05, 0) is 63.1 Å². The number of rotatable bonds is 4. The van der Waals surface area contributed by atoms with E-state index >= 15 is 0 Å². The Morgan fingerprint density at radius 3 is 2.89 bits per heavy atom. The zero-order valence-electron chi connectivity index (χ0n) is 10.3. The molecule has 0 unspecified atom stereocenters. The van der Waals surface area contributed by atoms with E-state index in [0.29, 0.717) is 10.8 Å². The molecule has 3 nitrogen and oxygen atoms in total. The summed E-state index contributed by atoms with van der Waals surface area (Å²) in [5, 5.41) is 3.98. The SMILES string of the molecule is CCCNc1nc(-c2ccc(Cl)c(Br)c2)ncc1I. The van der Waals surface area contributed by atoms with Crippen LogP contribution in [-0.2, 0) is 0 Å². The van der Waals surface area contributed by atoms with E-state index in [2.05, 4.69) is 60.7 Å². The third-order valence-corrected chi connectivity index (χ3v) is 4.47. The smallest absolute Gasteiger partial charge is 0.161 e. The Morgan fingerprint density at radius 2 is 2.21 bits per heavy atom. The summed E-state index contributed by atoms with van der Waals surface area (Å²) in [6.07, 6.45) is 2.88. The van der Waals surface area contributed by atoms with Crippen molar-refractivity contribution in [2.45, 2.75) is 13.3 Å². The molecule has 1 N–H and O–H groups in total. The van der Waals surface area contributed by atoms with Gasteiger partial charge in [0.2, 0.25) is 0 Å². The van der Waals surface area contributed by atoms with Crippen LogP contribution in [0.4, 0.5) is 5.82 Å². The molecule has 1 aromatic heterocycles. The third kappa shape index (κ3) is 3.79. The minimum Gasteiger partial charge on any atom is -0.369 e. The molecule has 100 valence electrons. The molecule has 2 rings (SSSR count). The van der Waals surface area contributed by atoms with E-state index < -0.39 is 0 Å². The lowest BCUT2D eigenvalue weighted by Gasteiger charge is -2.08. The summed E-state index contributed by atoms with van der Waals surface area (Å²) < 4.78 is 1.86. The van der Waals surface area contributed by atoms with Crippen molar-refractivity contribution in [2.75, 3.05) is 11.9 Å². The monoisotopic (exact) mass is 451 g/mol. The second-order valence-electron chi connectivity index (χ2n) is 3.95. The van der Waals surface area contributed by atoms with E-state index in [4.69, 9.17) is 11.6 Å². The molecule has 0 aliphatic rings. The van der Waals surface area contributed by atoms with Crippen molar-refractivity contribution in [2.24, 2.45) is 0 Å². The van der Waals surface area contributed by atoms with Crippen molar-refractivity contribution in [1.82, 2.24) is 9.97 Å². The van der Waals surface area contributed by atoms with E-state index in [1.807, 2.05) is 24.4 Å². The van der Waals surface area contributed by atoms with Crippen LogP contribution in [-0.4, -0.2) is 16.5 Å². The molecule has 0 aliphatic carbocycles. The summed E-state index contributed by atoms with van der Waals surface area (Å²) in [7, 11) is 0. The first-order valence-electron chi connectivity index (χ1n) is 5.83. The van der Waals surface area contributed by atoms with E-state index in [0.717, 1.165) is 32.4 Å². The van der Waals surface area contributed by atoms with Crippen molar-refractivity contribution in [3.63, 3.8) is 0 Å². The fourth-order valence-corrected chi connectivity index (χ4v) is 2.46. The Hall–Kier alpha value is -0.400. The predicted molar refractivity (Wildman–Crippen MR) is 91.7 cm³/mol. The standard InChI is InChI=1S/C13H12BrClIN3/c1-2-5-17-13-11(16)7-18-12(19-13)8-3-4-10(15)9(14)6-8/h3-4,6-7H,2,5H2,1H3,(H,17,18,19). The van der Waals surface area contributed by atoms with E-state index in [9.17, 15) is 0 Å². The summed E-state index contributed by atoms with van der Waals surface area (Å²) in [6.45, 7) is 3.02. The predicted octanol–water partition coefficient (Wildman–Crippen LogP) is 4.99. The molecule has 6 heteroatoms. The highest BCUT2D eigenvalue weighted by molar-refractivity contribution is 14.1. The minimum atomic E-state index is 0.679. The van der Waals surface area contributed by atoms with E-state index in [-0.39, 0.29) is 0 Å². The topological polar surface area (TPSA) is 37.8 Å². The van der Waals surface area contributed by atoms with Crippen molar-refractivity contribution in [1.29, 1.82) is 0 Å². The molecule has 19 heavy (non-hydrogen) atoms. The van der Waals surface area contributed by atoms with Gasteiger partial charge in [-0.2, -0.15) is 0 Å². The molecule has 2 aromatic rings. The van der Waals surface area contributed by atoms with Gasteiger partial charge in [0, 0.05) is 22.8 Å². The zero-order chi connectivity index (χ0) is 13.8. The maximum atomic E-state index is 5.99. The number of nitrogens with one attached hydrogen (secondary N) is 1. The first-order valence-corrected chi connectivity index (χ1v) is 8.08. The van der Waals surface area contributed by atoms with Crippen LogP contribution in [0.25, 0.3) is 11.4 Å². The van der Waals surface area contributed by atoms with Crippen LogP contribution in [0.5, 0.6) is 0 Å². The fraction of sp³-hybridized carbons (Fsp3) is 0.231. The number of hydrogen-bond acceptors (Lipinski definition) is 3. The van der Waals surface area contributed by atoms with Crippen LogP contribution in [0.3, 0.4) is 0 Å². The lowest BCUT2D eigenvalue weighted by Crippen LogP contribution is -2.05. The van der Waals surface area contributed by atoms with Gasteiger partial charge in [0.1, 0.15) is 5.82 Å². The van der Waals surface area contributed by atoms with Crippen LogP contribution in [0, 0.1) is 3.57 Å². The summed E-state index contributed by atoms with van der Waals surface area (Å²) in [6, 6.07) is 5.68. The van der Waals surface area contributed by atoms with Gasteiger partial charge in [-0.1, -0.05) is 18.5 Å². The Morgan fingerprint density at radius 1 is 1.42 bits per heavy atom. The molecule has 0 saturated carbocycles. The van der Waals surface area contributed by atoms with Crippen LogP contribution < -0.4 is 5.32 Å². The van der Waals surface area contributed by atoms with E-state index in [1.165, 1.54) is 0 Å². The quantitative estimate of drug-likeness (QED) is 0.665. The zero-order valence-corrected chi connectivity index (χ0v) is 14.8. The fourth-order valence-electron chi connectivity index (χ4n) is 1.51. The molecule has 0 amide bonds. The second-order valence-corrected chi connectivity index (χ2v) is 6.37. The maximum absolute atomic E-state index is 5.99. The molecular weight excluding hydrogens is 440 g/mol. The van der Waals surface area contributed by atoms with Crippen molar-refractivity contribution in [3.05, 3.63) is 37.5 Å². The molecule has 0 saturated heterocycles. The molecule has 0 fully saturated rings. The average molecular weight is 453 g/mol. The molecule has 0 aliphatic heterocycles. The number of nitrogens with zero attached hydrogens (tertiary/aromatic N) is 2. The minimum absolute atomic E-state index is 0.679. The number of hydrogen-bond donors (Lipinski definition) is 1. The summed E-state index contributed by atoms with van der Waals surface area (Å²) >= 11 is 11.6. The molecule has 0 bridgehead atoms. The van der Waals surface area contributed by atoms with Gasteiger partial charge in [0.25, 0.3) is 0 Å². The van der Waals surface area contributed by atoms with Crippen molar-refractivity contribution >= 4 is 55.9 Å². The Labute approximate surface area is 139 Å².